The summed E-state index contributed by atoms with van der Waals surface area (Å²) in [6.07, 6.45) is 1.84. The molecular weight excluding hydrogens is 216 g/mol. The van der Waals surface area contributed by atoms with Crippen molar-refractivity contribution < 1.29 is 0 Å². The molecule has 0 aliphatic rings. The third-order valence-corrected chi connectivity index (χ3v) is 3.66. The van der Waals surface area contributed by atoms with Crippen LogP contribution >= 0.6 is 11.3 Å². The third-order valence-electron chi connectivity index (χ3n) is 2.60. The zero-order valence-corrected chi connectivity index (χ0v) is 10.4. The molecule has 16 heavy (non-hydrogen) atoms. The van der Waals surface area contributed by atoms with E-state index in [1.165, 1.54) is 4.88 Å². The average molecular weight is 232 g/mol. The molecular formula is C13H16N2S. The maximum atomic E-state index is 4.35. The van der Waals surface area contributed by atoms with E-state index in [2.05, 4.69) is 47.7 Å². The fourth-order valence-corrected chi connectivity index (χ4v) is 2.46. The smallest absolute Gasteiger partial charge is 0.0570 e. The van der Waals surface area contributed by atoms with Gasteiger partial charge < -0.3 is 5.32 Å². The molecule has 0 bridgehead atoms. The summed E-state index contributed by atoms with van der Waals surface area (Å²) in [5, 5.41) is 5.66. The summed E-state index contributed by atoms with van der Waals surface area (Å²) in [7, 11) is 0. The second-order valence-corrected chi connectivity index (χ2v) is 4.86. The zero-order valence-electron chi connectivity index (χ0n) is 9.55. The largest absolute Gasteiger partial charge is 0.301 e. The van der Waals surface area contributed by atoms with Gasteiger partial charge in [0.25, 0.3) is 0 Å². The van der Waals surface area contributed by atoms with Gasteiger partial charge in [-0.2, -0.15) is 0 Å². The van der Waals surface area contributed by atoms with Crippen LogP contribution in [0.25, 0.3) is 0 Å². The summed E-state index contributed by atoms with van der Waals surface area (Å²) in [5.41, 5.74) is 1.09. The molecule has 1 N–H and O–H groups in total. The Labute approximate surface area is 100 Å². The molecule has 0 saturated carbocycles. The van der Waals surface area contributed by atoms with Crippen molar-refractivity contribution in [3.63, 3.8) is 0 Å². The summed E-state index contributed by atoms with van der Waals surface area (Å²) in [5.74, 6) is 0. The first-order chi connectivity index (χ1) is 7.77. The molecule has 2 nitrogen and oxygen atoms in total. The standard InChI is InChI=1S/C13H16N2S/c1-10(12-6-3-4-8-14-12)15-11(2)13-7-5-9-16-13/h3-11,15H,1-2H3/t10-,11?/m0/s1. The zero-order chi connectivity index (χ0) is 11.4. The molecule has 2 rings (SSSR count). The number of pyridine rings is 1. The van der Waals surface area contributed by atoms with Crippen LogP contribution < -0.4 is 5.32 Å². The minimum absolute atomic E-state index is 0.276. The maximum Gasteiger partial charge on any atom is 0.0570 e. The van der Waals surface area contributed by atoms with Crippen molar-refractivity contribution in [3.8, 4) is 0 Å². The average Bonchev–Trinajstić information content (AvgIpc) is 2.83. The van der Waals surface area contributed by atoms with Crippen LogP contribution in [0.3, 0.4) is 0 Å². The second-order valence-electron chi connectivity index (χ2n) is 3.88. The molecule has 0 aliphatic heterocycles. The van der Waals surface area contributed by atoms with Crippen LogP contribution in [-0.2, 0) is 0 Å². The molecule has 84 valence electrons. The van der Waals surface area contributed by atoms with Crippen molar-refractivity contribution in [1.29, 1.82) is 0 Å². The molecule has 2 aromatic heterocycles. The van der Waals surface area contributed by atoms with Gasteiger partial charge >= 0.3 is 0 Å². The van der Waals surface area contributed by atoms with E-state index in [9.17, 15) is 0 Å². The maximum absolute atomic E-state index is 4.35. The topological polar surface area (TPSA) is 24.9 Å². The number of nitrogens with one attached hydrogen (secondary N) is 1. The van der Waals surface area contributed by atoms with Crippen molar-refractivity contribution in [2.75, 3.05) is 0 Å². The summed E-state index contributed by atoms with van der Waals surface area (Å²) in [4.78, 5) is 5.72. The molecule has 2 heterocycles. The highest BCUT2D eigenvalue weighted by atomic mass is 32.1. The monoisotopic (exact) mass is 232 g/mol. The number of thiophene rings is 1. The lowest BCUT2D eigenvalue weighted by atomic mass is 10.1. The summed E-state index contributed by atoms with van der Waals surface area (Å²) >= 11 is 1.79. The van der Waals surface area contributed by atoms with Crippen molar-refractivity contribution in [2.45, 2.75) is 25.9 Å². The molecule has 0 amide bonds. The minimum Gasteiger partial charge on any atom is -0.301 e. The lowest BCUT2D eigenvalue weighted by Crippen LogP contribution is -2.22. The quantitative estimate of drug-likeness (QED) is 0.872. The van der Waals surface area contributed by atoms with Gasteiger partial charge in [0.2, 0.25) is 0 Å². The number of rotatable bonds is 4. The molecule has 1 unspecified atom stereocenters. The Morgan fingerprint density at radius 1 is 1.12 bits per heavy atom. The van der Waals surface area contributed by atoms with Crippen LogP contribution in [0.5, 0.6) is 0 Å². The first-order valence-electron chi connectivity index (χ1n) is 5.48. The Kier molecular flexibility index (Phi) is 3.70. The van der Waals surface area contributed by atoms with Gasteiger partial charge in [-0.3, -0.25) is 4.98 Å². The summed E-state index contributed by atoms with van der Waals surface area (Å²) in [6.45, 7) is 4.33. The van der Waals surface area contributed by atoms with Crippen molar-refractivity contribution in [2.24, 2.45) is 0 Å². The van der Waals surface area contributed by atoms with Crippen LogP contribution in [0.1, 0.15) is 36.5 Å². The molecule has 0 fully saturated rings. The number of nitrogens with zero attached hydrogens (tertiary/aromatic N) is 1. The van der Waals surface area contributed by atoms with Crippen LogP contribution in [0, 0.1) is 0 Å². The molecule has 2 atom stereocenters. The third kappa shape index (κ3) is 2.68. The van der Waals surface area contributed by atoms with Crippen molar-refractivity contribution in [3.05, 3.63) is 52.5 Å². The Bertz CT molecular complexity index is 411. The number of hydrogen-bond donors (Lipinski definition) is 1. The van der Waals surface area contributed by atoms with Gasteiger partial charge in [-0.15, -0.1) is 11.3 Å². The Balaban J connectivity index is 2.00. The predicted molar refractivity (Wildman–Crippen MR) is 68.5 cm³/mol. The fourth-order valence-electron chi connectivity index (χ4n) is 1.71. The summed E-state index contributed by atoms with van der Waals surface area (Å²) in [6, 6.07) is 10.9. The second kappa shape index (κ2) is 5.23. The van der Waals surface area contributed by atoms with E-state index in [1.54, 1.807) is 11.3 Å². The normalized spacial score (nSPS) is 14.6. The molecule has 0 aliphatic carbocycles. The molecule has 0 aromatic carbocycles. The summed E-state index contributed by atoms with van der Waals surface area (Å²) < 4.78 is 0. The van der Waals surface area contributed by atoms with Crippen LogP contribution in [-0.4, -0.2) is 4.98 Å². The van der Waals surface area contributed by atoms with Gasteiger partial charge in [0.15, 0.2) is 0 Å². The van der Waals surface area contributed by atoms with Crippen molar-refractivity contribution in [1.82, 2.24) is 10.3 Å². The predicted octanol–water partition coefficient (Wildman–Crippen LogP) is 3.55. The van der Waals surface area contributed by atoms with Gasteiger partial charge in [0.1, 0.15) is 0 Å². The van der Waals surface area contributed by atoms with E-state index in [1.807, 2.05) is 18.3 Å². The van der Waals surface area contributed by atoms with Gasteiger partial charge in [-0.05, 0) is 37.4 Å². The molecule has 3 heteroatoms. The molecule has 0 spiro atoms. The van der Waals surface area contributed by atoms with Gasteiger partial charge in [-0.1, -0.05) is 12.1 Å². The van der Waals surface area contributed by atoms with E-state index in [4.69, 9.17) is 0 Å². The Hall–Kier alpha value is -1.19. The SMILES string of the molecule is CC(N[C@@H](C)c1ccccn1)c1cccs1. The Morgan fingerprint density at radius 2 is 2.00 bits per heavy atom. The molecule has 0 radical (unpaired) electrons. The van der Waals surface area contributed by atoms with E-state index in [0.717, 1.165) is 5.69 Å². The number of aromatic nitrogens is 1. The van der Waals surface area contributed by atoms with Gasteiger partial charge in [-0.25, -0.2) is 0 Å². The van der Waals surface area contributed by atoms with E-state index in [-0.39, 0.29) is 6.04 Å². The first kappa shape index (κ1) is 11.3. The minimum atomic E-state index is 0.276. The number of hydrogen-bond acceptors (Lipinski definition) is 3. The highest BCUT2D eigenvalue weighted by Crippen LogP contribution is 2.21. The first-order valence-corrected chi connectivity index (χ1v) is 6.35. The van der Waals surface area contributed by atoms with Crippen LogP contribution in [0.2, 0.25) is 0 Å². The fraction of sp³-hybridized carbons (Fsp3) is 0.308. The Morgan fingerprint density at radius 3 is 2.62 bits per heavy atom. The van der Waals surface area contributed by atoms with E-state index < -0.39 is 0 Å². The van der Waals surface area contributed by atoms with Crippen molar-refractivity contribution >= 4 is 11.3 Å². The molecule has 0 saturated heterocycles. The molecule has 2 aromatic rings. The lowest BCUT2D eigenvalue weighted by Gasteiger charge is -2.18. The highest BCUT2D eigenvalue weighted by molar-refractivity contribution is 7.10. The van der Waals surface area contributed by atoms with Gasteiger partial charge in [0, 0.05) is 23.2 Å². The lowest BCUT2D eigenvalue weighted by molar-refractivity contribution is 0.491. The van der Waals surface area contributed by atoms with Crippen LogP contribution in [0.4, 0.5) is 0 Å². The van der Waals surface area contributed by atoms with Gasteiger partial charge in [0.05, 0.1) is 5.69 Å². The van der Waals surface area contributed by atoms with E-state index >= 15 is 0 Å². The highest BCUT2D eigenvalue weighted by Gasteiger charge is 2.11. The van der Waals surface area contributed by atoms with Crippen LogP contribution in [0.15, 0.2) is 41.9 Å². The van der Waals surface area contributed by atoms with E-state index in [0.29, 0.717) is 6.04 Å².